The second kappa shape index (κ2) is 5.72. The van der Waals surface area contributed by atoms with Crippen LogP contribution >= 0.6 is 0 Å². The normalized spacial score (nSPS) is 37.5. The first-order chi connectivity index (χ1) is 5.15. The van der Waals surface area contributed by atoms with E-state index in [1.54, 1.807) is 0 Å². The Morgan fingerprint density at radius 2 is 1.67 bits per heavy atom. The van der Waals surface area contributed by atoms with Crippen molar-refractivity contribution in [3.63, 3.8) is 0 Å². The molecule has 1 fully saturated rings. The van der Waals surface area contributed by atoms with E-state index in [1.807, 2.05) is 0 Å². The fourth-order valence-electron chi connectivity index (χ4n) is 2.20. The Morgan fingerprint density at radius 1 is 1.25 bits per heavy atom. The predicted molar refractivity (Wildman–Crippen MR) is 49.0 cm³/mol. The number of hydrogen-bond donors (Lipinski definition) is 0. The van der Waals surface area contributed by atoms with E-state index >= 15 is 0 Å². The fourth-order valence-corrected chi connectivity index (χ4v) is 2.20. The van der Waals surface area contributed by atoms with Crippen LogP contribution in [0.3, 0.4) is 0 Å². The number of piperidine rings is 1. The molecule has 0 amide bonds. The molecule has 0 saturated carbocycles. The van der Waals surface area contributed by atoms with Crippen LogP contribution in [0.5, 0.6) is 0 Å². The van der Waals surface area contributed by atoms with Gasteiger partial charge in [0.2, 0.25) is 0 Å². The van der Waals surface area contributed by atoms with E-state index in [4.69, 9.17) is 0 Å². The van der Waals surface area contributed by atoms with E-state index < -0.39 is 0 Å². The van der Waals surface area contributed by atoms with E-state index in [9.17, 15) is 0 Å². The zero-order chi connectivity index (χ0) is 8.43. The maximum atomic E-state index is 4.17. The van der Waals surface area contributed by atoms with Crippen LogP contribution in [0, 0.1) is 31.6 Å². The molecule has 1 aliphatic rings. The summed E-state index contributed by atoms with van der Waals surface area (Å²) in [6, 6.07) is 0. The molecule has 2 heteroatoms. The van der Waals surface area contributed by atoms with Gasteiger partial charge >= 0.3 is 0 Å². The number of likely N-dealkylation sites (tertiary alicyclic amines) is 1. The molecule has 0 N–H and O–H groups in total. The van der Waals surface area contributed by atoms with Crippen LogP contribution < -0.4 is 0 Å². The summed E-state index contributed by atoms with van der Waals surface area (Å²) in [6.07, 6.45) is 1.23. The molecular formula is C10H19NY-2. The van der Waals surface area contributed by atoms with Crippen LogP contribution in [0.15, 0.2) is 0 Å². The Bertz CT molecular complexity index is 115. The molecule has 3 atom stereocenters. The quantitative estimate of drug-likeness (QED) is 0.634. The van der Waals surface area contributed by atoms with Crippen LogP contribution in [-0.2, 0) is 32.7 Å². The summed E-state index contributed by atoms with van der Waals surface area (Å²) in [5.74, 6) is 1.91. The van der Waals surface area contributed by atoms with Gasteiger partial charge in [-0.1, -0.05) is 19.3 Å². The monoisotopic (exact) mass is 242 g/mol. The Hall–Kier alpha value is 1.06. The van der Waals surface area contributed by atoms with E-state index in [1.165, 1.54) is 6.42 Å². The molecule has 0 aromatic rings. The van der Waals surface area contributed by atoms with Gasteiger partial charge in [-0.2, -0.15) is 11.8 Å². The topological polar surface area (TPSA) is 3.24 Å². The summed E-state index contributed by atoms with van der Waals surface area (Å²) in [5.41, 5.74) is 0. The molecule has 1 unspecified atom stereocenters. The summed E-state index contributed by atoms with van der Waals surface area (Å²) in [5, 5.41) is 0. The molecule has 12 heavy (non-hydrogen) atoms. The minimum atomic E-state index is 0. The zero-order valence-corrected chi connectivity index (χ0v) is 11.1. The zero-order valence-electron chi connectivity index (χ0n) is 8.29. The van der Waals surface area contributed by atoms with Crippen molar-refractivity contribution in [1.82, 2.24) is 4.90 Å². The molecule has 1 heterocycles. The molecule has 1 saturated heterocycles. The van der Waals surface area contributed by atoms with Gasteiger partial charge in [-0.05, 0) is 20.1 Å². The van der Waals surface area contributed by atoms with Crippen LogP contribution in [0.1, 0.15) is 13.3 Å². The average Bonchev–Trinajstić information content (AvgIpc) is 1.85. The van der Waals surface area contributed by atoms with Gasteiger partial charge in [-0.3, -0.25) is 0 Å². The van der Waals surface area contributed by atoms with Gasteiger partial charge in [0.25, 0.3) is 0 Å². The molecule has 1 aliphatic heterocycles. The second-order valence-corrected chi connectivity index (χ2v) is 3.81. The third-order valence-electron chi connectivity index (χ3n) is 2.77. The van der Waals surface area contributed by atoms with Gasteiger partial charge in [0, 0.05) is 32.7 Å². The van der Waals surface area contributed by atoms with Gasteiger partial charge in [-0.25, -0.2) is 0 Å². The smallest absolute Gasteiger partial charge is 0 e. The average molecular weight is 242 g/mol. The van der Waals surface area contributed by atoms with E-state index in [-0.39, 0.29) is 32.7 Å². The summed E-state index contributed by atoms with van der Waals surface area (Å²) >= 11 is 0. The largest absolute Gasteiger partial charge is 0.339 e. The molecule has 0 spiro atoms. The third kappa shape index (κ3) is 3.08. The van der Waals surface area contributed by atoms with E-state index in [0.717, 1.165) is 19.0 Å². The maximum absolute atomic E-state index is 4.17. The molecular weight excluding hydrogens is 223 g/mol. The standard InChI is InChI=1S/C10H19N.Y/c1-5-10-8(2)6-11(4)7-9(10)3;/h8-10H,2-3,5-7H2,1,4H3;/q-2;/t8-,9+,10?;. The molecule has 1 rings (SSSR count). The SMILES string of the molecule is [CH2-][C@@H]1CN(C)C[C@H]([CH2-])C1CC.[Y]. The third-order valence-corrected chi connectivity index (χ3v) is 2.77. The van der Waals surface area contributed by atoms with Crippen LogP contribution in [0.25, 0.3) is 0 Å². The number of nitrogens with zero attached hydrogens (tertiary/aromatic N) is 1. The molecule has 0 bridgehead atoms. The van der Waals surface area contributed by atoms with Crippen LogP contribution in [0.4, 0.5) is 0 Å². The first kappa shape index (κ1) is 13.1. The van der Waals surface area contributed by atoms with Gasteiger partial charge in [0.15, 0.2) is 0 Å². The summed E-state index contributed by atoms with van der Waals surface area (Å²) in [4.78, 5) is 2.33. The first-order valence-electron chi connectivity index (χ1n) is 4.49. The predicted octanol–water partition coefficient (Wildman–Crippen LogP) is 1.86. The Morgan fingerprint density at radius 3 is 2.00 bits per heavy atom. The van der Waals surface area contributed by atoms with Crippen molar-refractivity contribution in [2.24, 2.45) is 17.8 Å². The second-order valence-electron chi connectivity index (χ2n) is 3.81. The number of rotatable bonds is 1. The fraction of sp³-hybridized carbons (Fsp3) is 0.800. The molecule has 1 radical (unpaired) electrons. The van der Waals surface area contributed by atoms with Crippen molar-refractivity contribution in [1.29, 1.82) is 0 Å². The van der Waals surface area contributed by atoms with E-state index in [0.29, 0.717) is 11.8 Å². The van der Waals surface area contributed by atoms with Crippen molar-refractivity contribution in [3.8, 4) is 0 Å². The Labute approximate surface area is 102 Å². The first-order valence-corrected chi connectivity index (χ1v) is 4.49. The summed E-state index contributed by atoms with van der Waals surface area (Å²) < 4.78 is 0. The van der Waals surface area contributed by atoms with Gasteiger partial charge < -0.3 is 18.7 Å². The maximum Gasteiger partial charge on any atom is 0 e. The van der Waals surface area contributed by atoms with Crippen molar-refractivity contribution >= 4 is 0 Å². The molecule has 0 aromatic carbocycles. The molecule has 0 aromatic heterocycles. The summed E-state index contributed by atoms with van der Waals surface area (Å²) in [7, 11) is 2.15. The van der Waals surface area contributed by atoms with Gasteiger partial charge in [0.1, 0.15) is 0 Å². The van der Waals surface area contributed by atoms with Gasteiger partial charge in [-0.15, -0.1) is 0 Å². The van der Waals surface area contributed by atoms with Crippen molar-refractivity contribution in [2.75, 3.05) is 20.1 Å². The minimum absolute atomic E-state index is 0. The van der Waals surface area contributed by atoms with Gasteiger partial charge in [0.05, 0.1) is 0 Å². The molecule has 69 valence electrons. The Balaban J connectivity index is 0.00000121. The van der Waals surface area contributed by atoms with E-state index in [2.05, 4.69) is 32.7 Å². The Kier molecular flexibility index (Phi) is 6.23. The number of hydrogen-bond acceptors (Lipinski definition) is 1. The van der Waals surface area contributed by atoms with Crippen LogP contribution in [-0.4, -0.2) is 25.0 Å². The summed E-state index contributed by atoms with van der Waals surface area (Å²) in [6.45, 7) is 12.9. The molecule has 1 nitrogen and oxygen atoms in total. The van der Waals surface area contributed by atoms with Crippen molar-refractivity contribution in [3.05, 3.63) is 13.8 Å². The van der Waals surface area contributed by atoms with Crippen molar-refractivity contribution in [2.45, 2.75) is 13.3 Å². The van der Waals surface area contributed by atoms with Crippen molar-refractivity contribution < 1.29 is 32.7 Å². The molecule has 0 aliphatic carbocycles. The minimum Gasteiger partial charge on any atom is -0.339 e. The van der Waals surface area contributed by atoms with Crippen LogP contribution in [0.2, 0.25) is 0 Å².